The third-order valence-electron chi connectivity index (χ3n) is 2.24. The minimum atomic E-state index is -4.38. The van der Waals surface area contributed by atoms with E-state index in [-0.39, 0.29) is 26.2 Å². The van der Waals surface area contributed by atoms with E-state index in [9.17, 15) is 18.0 Å². The highest BCUT2D eigenvalue weighted by molar-refractivity contribution is 5.69. The van der Waals surface area contributed by atoms with Crippen LogP contribution in [0.5, 0.6) is 5.75 Å². The van der Waals surface area contributed by atoms with Gasteiger partial charge in [-0.2, -0.15) is 13.2 Å². The Bertz CT molecular complexity index is 451. The lowest BCUT2D eigenvalue weighted by atomic mass is 10.3. The zero-order chi connectivity index (χ0) is 15.7. The second-order valence-electron chi connectivity index (χ2n) is 4.02. The van der Waals surface area contributed by atoms with Crippen molar-refractivity contribution in [2.45, 2.75) is 12.6 Å². The molecule has 0 unspecified atom stereocenters. The number of hydrogen-bond donors (Lipinski definition) is 1. The van der Waals surface area contributed by atoms with E-state index in [0.29, 0.717) is 11.4 Å². The molecule has 0 aromatic heterocycles. The molecule has 0 spiro atoms. The van der Waals surface area contributed by atoms with Crippen molar-refractivity contribution in [3.05, 3.63) is 24.3 Å². The van der Waals surface area contributed by atoms with Crippen LogP contribution < -0.4 is 10.5 Å². The predicted octanol–water partition coefficient (Wildman–Crippen LogP) is 2.16. The van der Waals surface area contributed by atoms with Gasteiger partial charge in [-0.25, -0.2) is 0 Å². The molecule has 0 fully saturated rings. The summed E-state index contributed by atoms with van der Waals surface area (Å²) < 4.78 is 49.5. The summed E-state index contributed by atoms with van der Waals surface area (Å²) in [6, 6.07) is 6.80. The number of rotatable bonds is 8. The van der Waals surface area contributed by atoms with Gasteiger partial charge in [-0.1, -0.05) is 12.1 Å². The number of carbonyl (C=O) groups excluding carboxylic acids is 1. The van der Waals surface area contributed by atoms with Crippen LogP contribution >= 0.6 is 0 Å². The normalized spacial score (nSPS) is 11.2. The van der Waals surface area contributed by atoms with E-state index in [1.807, 2.05) is 0 Å². The van der Waals surface area contributed by atoms with E-state index in [2.05, 4.69) is 9.47 Å². The number of alkyl halides is 3. The van der Waals surface area contributed by atoms with Crippen LogP contribution in [0.2, 0.25) is 0 Å². The molecule has 1 aromatic rings. The Morgan fingerprint density at radius 3 is 2.52 bits per heavy atom. The minimum Gasteiger partial charge on any atom is -0.491 e. The van der Waals surface area contributed by atoms with Gasteiger partial charge in [0.05, 0.1) is 25.3 Å². The van der Waals surface area contributed by atoms with Crippen molar-refractivity contribution in [2.75, 3.05) is 32.2 Å². The molecule has 0 radical (unpaired) electrons. The fourth-order valence-corrected chi connectivity index (χ4v) is 1.33. The van der Waals surface area contributed by atoms with Crippen molar-refractivity contribution in [3.63, 3.8) is 0 Å². The van der Waals surface area contributed by atoms with Crippen LogP contribution in [0.3, 0.4) is 0 Å². The molecule has 0 aliphatic rings. The number of anilines is 1. The van der Waals surface area contributed by atoms with Crippen LogP contribution in [0.25, 0.3) is 0 Å². The summed E-state index contributed by atoms with van der Waals surface area (Å²) in [7, 11) is 0. The van der Waals surface area contributed by atoms with Gasteiger partial charge in [0, 0.05) is 0 Å². The van der Waals surface area contributed by atoms with E-state index >= 15 is 0 Å². The minimum absolute atomic E-state index is 0.0341. The molecule has 118 valence electrons. The maximum Gasteiger partial charge on any atom is 0.411 e. The number of nitrogen functional groups attached to an aromatic ring is 1. The first-order valence-electron chi connectivity index (χ1n) is 6.16. The lowest BCUT2D eigenvalue weighted by molar-refractivity contribution is -0.177. The first-order valence-corrected chi connectivity index (χ1v) is 6.16. The summed E-state index contributed by atoms with van der Waals surface area (Å²) >= 11 is 0. The maximum absolute atomic E-state index is 11.7. The van der Waals surface area contributed by atoms with Crippen molar-refractivity contribution < 1.29 is 32.2 Å². The van der Waals surface area contributed by atoms with Crippen LogP contribution in [0.1, 0.15) is 6.42 Å². The molecule has 8 heteroatoms. The molecule has 0 saturated carbocycles. The van der Waals surface area contributed by atoms with E-state index in [4.69, 9.17) is 10.5 Å². The van der Waals surface area contributed by atoms with Crippen molar-refractivity contribution in [3.8, 4) is 5.75 Å². The monoisotopic (exact) mass is 307 g/mol. The first-order chi connectivity index (χ1) is 9.88. The standard InChI is InChI=1S/C13H16F3NO4/c14-13(15,16)9-19-7-8-21-12(18)5-6-20-11-4-2-1-3-10(11)17/h1-4H,5-9,17H2. The van der Waals surface area contributed by atoms with Gasteiger partial charge in [-0.05, 0) is 12.1 Å². The van der Waals surface area contributed by atoms with E-state index in [1.165, 1.54) is 0 Å². The van der Waals surface area contributed by atoms with E-state index in [1.54, 1.807) is 24.3 Å². The van der Waals surface area contributed by atoms with Crippen molar-refractivity contribution in [2.24, 2.45) is 0 Å². The van der Waals surface area contributed by atoms with E-state index in [0.717, 1.165) is 0 Å². The second-order valence-corrected chi connectivity index (χ2v) is 4.02. The summed E-state index contributed by atoms with van der Waals surface area (Å²) in [6.07, 6.45) is -4.42. The average molecular weight is 307 g/mol. The molecule has 0 aliphatic heterocycles. The van der Waals surface area contributed by atoms with Gasteiger partial charge >= 0.3 is 12.1 Å². The van der Waals surface area contributed by atoms with Gasteiger partial charge in [0.25, 0.3) is 0 Å². The maximum atomic E-state index is 11.7. The molecule has 0 atom stereocenters. The highest BCUT2D eigenvalue weighted by Crippen LogP contribution is 2.19. The van der Waals surface area contributed by atoms with Gasteiger partial charge in [0.15, 0.2) is 0 Å². The smallest absolute Gasteiger partial charge is 0.411 e. The van der Waals surface area contributed by atoms with Crippen LogP contribution in [0.4, 0.5) is 18.9 Å². The summed E-state index contributed by atoms with van der Waals surface area (Å²) in [5.74, 6) is -0.126. The molecule has 5 nitrogen and oxygen atoms in total. The number of hydrogen-bond acceptors (Lipinski definition) is 5. The van der Waals surface area contributed by atoms with Gasteiger partial charge in [-0.3, -0.25) is 4.79 Å². The fourth-order valence-electron chi connectivity index (χ4n) is 1.33. The number of esters is 1. The Kier molecular flexibility index (Phi) is 6.80. The Morgan fingerprint density at radius 1 is 1.14 bits per heavy atom. The number of benzene rings is 1. The number of halogens is 3. The number of ether oxygens (including phenoxy) is 3. The van der Waals surface area contributed by atoms with Gasteiger partial charge in [0.1, 0.15) is 19.0 Å². The first kappa shape index (κ1) is 17.1. The predicted molar refractivity (Wildman–Crippen MR) is 68.8 cm³/mol. The molecule has 0 amide bonds. The Hall–Kier alpha value is -1.96. The van der Waals surface area contributed by atoms with Gasteiger partial charge < -0.3 is 19.9 Å². The second kappa shape index (κ2) is 8.35. The third kappa shape index (κ3) is 8.03. The molecular weight excluding hydrogens is 291 g/mol. The Balaban J connectivity index is 2.08. The molecule has 2 N–H and O–H groups in total. The lowest BCUT2D eigenvalue weighted by Crippen LogP contribution is -2.20. The topological polar surface area (TPSA) is 70.8 Å². The van der Waals surface area contributed by atoms with Gasteiger partial charge in [-0.15, -0.1) is 0 Å². The van der Waals surface area contributed by atoms with Crippen LogP contribution in [-0.4, -0.2) is 38.6 Å². The summed E-state index contributed by atoms with van der Waals surface area (Å²) in [5.41, 5.74) is 6.09. The van der Waals surface area contributed by atoms with Crippen LogP contribution in [0, 0.1) is 0 Å². The molecule has 1 rings (SSSR count). The summed E-state index contributed by atoms with van der Waals surface area (Å²) in [4.78, 5) is 11.3. The van der Waals surface area contributed by atoms with Crippen molar-refractivity contribution in [1.82, 2.24) is 0 Å². The van der Waals surface area contributed by atoms with Crippen LogP contribution in [-0.2, 0) is 14.3 Å². The van der Waals surface area contributed by atoms with Gasteiger partial charge in [0.2, 0.25) is 0 Å². The van der Waals surface area contributed by atoms with Crippen LogP contribution in [0.15, 0.2) is 24.3 Å². The van der Waals surface area contributed by atoms with Crippen molar-refractivity contribution >= 4 is 11.7 Å². The van der Waals surface area contributed by atoms with E-state index < -0.39 is 18.8 Å². The summed E-state index contributed by atoms with van der Waals surface area (Å²) in [6.45, 7) is -1.84. The number of carbonyl (C=O) groups is 1. The highest BCUT2D eigenvalue weighted by atomic mass is 19.4. The lowest BCUT2D eigenvalue weighted by Gasteiger charge is -2.09. The fraction of sp³-hybridized carbons (Fsp3) is 0.462. The average Bonchev–Trinajstić information content (AvgIpc) is 2.39. The highest BCUT2D eigenvalue weighted by Gasteiger charge is 2.27. The SMILES string of the molecule is Nc1ccccc1OCCC(=O)OCCOCC(F)(F)F. The number of nitrogens with two attached hydrogens (primary N) is 1. The third-order valence-corrected chi connectivity index (χ3v) is 2.24. The number of para-hydroxylation sites is 2. The Labute approximate surface area is 119 Å². The molecule has 0 heterocycles. The molecule has 0 aliphatic carbocycles. The van der Waals surface area contributed by atoms with Crippen molar-refractivity contribution in [1.29, 1.82) is 0 Å². The molecule has 0 bridgehead atoms. The summed E-state index contributed by atoms with van der Waals surface area (Å²) in [5, 5.41) is 0. The quantitative estimate of drug-likeness (QED) is 0.453. The molecule has 0 saturated heterocycles. The molecule has 1 aromatic carbocycles. The zero-order valence-corrected chi connectivity index (χ0v) is 11.2. The largest absolute Gasteiger partial charge is 0.491 e. The molecular formula is C13H16F3NO4. The zero-order valence-electron chi connectivity index (χ0n) is 11.2. The molecule has 21 heavy (non-hydrogen) atoms. The Morgan fingerprint density at radius 2 is 1.86 bits per heavy atom.